The lowest BCUT2D eigenvalue weighted by atomic mass is 9.99. The van der Waals surface area contributed by atoms with E-state index in [4.69, 9.17) is 14.2 Å². The van der Waals surface area contributed by atoms with Crippen LogP contribution in [0.5, 0.6) is 0 Å². The Hall–Kier alpha value is -1.93. The Morgan fingerprint density at radius 2 is 1.67 bits per heavy atom. The highest BCUT2D eigenvalue weighted by Crippen LogP contribution is 2.36. The summed E-state index contributed by atoms with van der Waals surface area (Å²) in [6.45, 7) is 0.0343. The van der Waals surface area contributed by atoms with Crippen LogP contribution in [0.15, 0.2) is 77.7 Å². The Morgan fingerprint density at radius 1 is 0.933 bits per heavy atom. The highest BCUT2D eigenvalue weighted by molar-refractivity contribution is 7.99. The zero-order chi connectivity index (χ0) is 20.9. The summed E-state index contributed by atoms with van der Waals surface area (Å²) in [5.74, 6) is 0. The maximum atomic E-state index is 10.8. The van der Waals surface area contributed by atoms with Crippen LogP contribution in [0.2, 0.25) is 0 Å². The summed E-state index contributed by atoms with van der Waals surface area (Å²) < 4.78 is 17.8. The molecule has 0 aromatic heterocycles. The molecule has 0 aliphatic carbocycles. The average Bonchev–Trinajstić information content (AvgIpc) is 2.79. The Morgan fingerprint density at radius 3 is 2.40 bits per heavy atom. The number of fused-ring (bicyclic) bond motifs is 1. The summed E-state index contributed by atoms with van der Waals surface area (Å²) in [5, 5.41) is 22.8. The van der Waals surface area contributed by atoms with Crippen molar-refractivity contribution in [2.24, 2.45) is 0 Å². The number of ether oxygens (including phenoxy) is 3. The molecule has 1 aliphatic heterocycles. The van der Waals surface area contributed by atoms with Gasteiger partial charge in [-0.05, 0) is 34.5 Å². The van der Waals surface area contributed by atoms with Gasteiger partial charge in [-0.2, -0.15) is 0 Å². The van der Waals surface area contributed by atoms with Crippen molar-refractivity contribution in [3.8, 4) is 0 Å². The zero-order valence-corrected chi connectivity index (χ0v) is 17.6. The van der Waals surface area contributed by atoms with Crippen LogP contribution in [0, 0.1) is 0 Å². The molecule has 1 heterocycles. The lowest BCUT2D eigenvalue weighted by Gasteiger charge is -2.43. The SMILES string of the molecule is CO[C@@H]1[C@@H](OCc2ccc3ccccc3c2)[C@@H](O)[C@@H](CO)O[C@H]1Sc1ccccc1. The van der Waals surface area contributed by atoms with Crippen LogP contribution in [0.25, 0.3) is 10.8 Å². The van der Waals surface area contributed by atoms with E-state index in [1.54, 1.807) is 7.11 Å². The molecule has 5 nitrogen and oxygen atoms in total. The van der Waals surface area contributed by atoms with Crippen molar-refractivity contribution in [2.45, 2.75) is 41.4 Å². The molecule has 0 unspecified atom stereocenters. The van der Waals surface area contributed by atoms with Gasteiger partial charge >= 0.3 is 0 Å². The molecule has 0 amide bonds. The maximum absolute atomic E-state index is 10.8. The Bertz CT molecular complexity index is 950. The number of rotatable bonds is 7. The second kappa shape index (κ2) is 9.92. The molecular formula is C24H26O5S. The second-order valence-corrected chi connectivity index (χ2v) is 8.48. The number of hydrogen-bond acceptors (Lipinski definition) is 6. The van der Waals surface area contributed by atoms with Gasteiger partial charge in [-0.1, -0.05) is 66.4 Å². The van der Waals surface area contributed by atoms with E-state index in [1.165, 1.54) is 17.1 Å². The monoisotopic (exact) mass is 426 g/mol. The minimum atomic E-state index is -0.993. The van der Waals surface area contributed by atoms with Crippen molar-refractivity contribution in [2.75, 3.05) is 13.7 Å². The number of methoxy groups -OCH3 is 1. The molecule has 6 heteroatoms. The second-order valence-electron chi connectivity index (χ2n) is 7.30. The first-order valence-corrected chi connectivity index (χ1v) is 10.9. The van der Waals surface area contributed by atoms with Crippen molar-refractivity contribution in [3.63, 3.8) is 0 Å². The van der Waals surface area contributed by atoms with Crippen molar-refractivity contribution in [1.29, 1.82) is 0 Å². The van der Waals surface area contributed by atoms with E-state index >= 15 is 0 Å². The predicted molar refractivity (Wildman–Crippen MR) is 117 cm³/mol. The molecule has 5 atom stereocenters. The molecule has 0 bridgehead atoms. The molecule has 30 heavy (non-hydrogen) atoms. The summed E-state index contributed by atoms with van der Waals surface area (Å²) in [7, 11) is 1.59. The van der Waals surface area contributed by atoms with Gasteiger partial charge in [-0.15, -0.1) is 0 Å². The van der Waals surface area contributed by atoms with Gasteiger partial charge in [0, 0.05) is 12.0 Å². The van der Waals surface area contributed by atoms with Gasteiger partial charge in [0.05, 0.1) is 13.2 Å². The molecule has 0 radical (unpaired) electrons. The number of aliphatic hydroxyl groups is 2. The van der Waals surface area contributed by atoms with Crippen LogP contribution in [0.4, 0.5) is 0 Å². The van der Waals surface area contributed by atoms with Crippen molar-refractivity contribution in [1.82, 2.24) is 0 Å². The number of aliphatic hydroxyl groups excluding tert-OH is 2. The van der Waals surface area contributed by atoms with E-state index in [9.17, 15) is 10.2 Å². The summed E-state index contributed by atoms with van der Waals surface area (Å²) in [4.78, 5) is 1.02. The first kappa shape index (κ1) is 21.3. The van der Waals surface area contributed by atoms with Gasteiger partial charge in [0.1, 0.15) is 29.9 Å². The van der Waals surface area contributed by atoms with Gasteiger partial charge < -0.3 is 24.4 Å². The standard InChI is InChI=1S/C24H26O5S/c1-27-23-22(28-15-16-11-12-17-7-5-6-8-18(17)13-16)21(26)20(14-25)29-24(23)30-19-9-3-2-4-10-19/h2-13,20-26H,14-15H2,1H3/t20-,21+,22+,23-,24+/m1/s1. The quantitative estimate of drug-likeness (QED) is 0.602. The summed E-state index contributed by atoms with van der Waals surface area (Å²) >= 11 is 1.50. The van der Waals surface area contributed by atoms with E-state index in [-0.39, 0.29) is 6.61 Å². The third-order valence-corrected chi connectivity index (χ3v) is 6.48. The van der Waals surface area contributed by atoms with E-state index < -0.39 is 29.9 Å². The molecule has 4 rings (SSSR count). The molecule has 3 aromatic carbocycles. The third-order valence-electron chi connectivity index (χ3n) is 5.32. The number of hydrogen-bond donors (Lipinski definition) is 2. The molecule has 3 aromatic rings. The van der Waals surface area contributed by atoms with E-state index in [2.05, 4.69) is 24.3 Å². The highest BCUT2D eigenvalue weighted by atomic mass is 32.2. The lowest BCUT2D eigenvalue weighted by molar-refractivity contribution is -0.229. The minimum Gasteiger partial charge on any atom is -0.394 e. The van der Waals surface area contributed by atoms with E-state index in [0.717, 1.165) is 15.8 Å². The van der Waals surface area contributed by atoms with Crippen LogP contribution in [-0.4, -0.2) is 53.8 Å². The molecule has 1 aliphatic rings. The molecular weight excluding hydrogens is 400 g/mol. The van der Waals surface area contributed by atoms with Crippen molar-refractivity contribution < 1.29 is 24.4 Å². The van der Waals surface area contributed by atoms with E-state index in [1.807, 2.05) is 48.5 Å². The predicted octanol–water partition coefficient (Wildman–Crippen LogP) is 3.61. The fourth-order valence-corrected chi connectivity index (χ4v) is 4.91. The van der Waals surface area contributed by atoms with Crippen molar-refractivity contribution >= 4 is 22.5 Å². The molecule has 1 saturated heterocycles. The fourth-order valence-electron chi connectivity index (χ4n) is 3.73. The first-order chi connectivity index (χ1) is 14.7. The molecule has 2 N–H and O–H groups in total. The average molecular weight is 427 g/mol. The van der Waals surface area contributed by atoms with Gasteiger partial charge in [-0.3, -0.25) is 0 Å². The van der Waals surface area contributed by atoms with Crippen LogP contribution in [-0.2, 0) is 20.8 Å². The first-order valence-electron chi connectivity index (χ1n) is 9.98. The van der Waals surface area contributed by atoms with E-state index in [0.29, 0.717) is 6.61 Å². The van der Waals surface area contributed by atoms with Crippen molar-refractivity contribution in [3.05, 3.63) is 78.4 Å². The molecule has 1 fully saturated rings. The zero-order valence-electron chi connectivity index (χ0n) is 16.8. The smallest absolute Gasteiger partial charge is 0.137 e. The summed E-state index contributed by atoms with van der Waals surface area (Å²) in [5.41, 5.74) is 0.592. The van der Waals surface area contributed by atoms with Crippen LogP contribution < -0.4 is 0 Å². The maximum Gasteiger partial charge on any atom is 0.137 e. The van der Waals surface area contributed by atoms with Gasteiger partial charge in [-0.25, -0.2) is 0 Å². The van der Waals surface area contributed by atoms with Crippen LogP contribution >= 0.6 is 11.8 Å². The summed E-state index contributed by atoms with van der Waals surface area (Å²) in [6, 6.07) is 24.2. The minimum absolute atomic E-state index is 0.292. The van der Waals surface area contributed by atoms with Gasteiger partial charge in [0.25, 0.3) is 0 Å². The Balaban J connectivity index is 1.52. The number of benzene rings is 3. The topological polar surface area (TPSA) is 68.2 Å². The Labute approximate surface area is 180 Å². The van der Waals surface area contributed by atoms with Crippen LogP contribution in [0.3, 0.4) is 0 Å². The van der Waals surface area contributed by atoms with Gasteiger partial charge in [0.15, 0.2) is 0 Å². The third kappa shape index (κ3) is 4.70. The molecule has 158 valence electrons. The van der Waals surface area contributed by atoms with Gasteiger partial charge in [0.2, 0.25) is 0 Å². The number of thioether (sulfide) groups is 1. The van der Waals surface area contributed by atoms with Crippen LogP contribution in [0.1, 0.15) is 5.56 Å². The fraction of sp³-hybridized carbons (Fsp3) is 0.333. The lowest BCUT2D eigenvalue weighted by Crippen LogP contribution is -2.59. The Kier molecular flexibility index (Phi) is 7.04. The summed E-state index contributed by atoms with van der Waals surface area (Å²) in [6.07, 6.45) is -2.85. The molecule has 0 spiro atoms. The largest absolute Gasteiger partial charge is 0.394 e. The molecule has 0 saturated carbocycles. The normalized spacial score (nSPS) is 26.7. The highest BCUT2D eigenvalue weighted by Gasteiger charge is 2.46.